The number of rotatable bonds is 2. The van der Waals surface area contributed by atoms with E-state index in [-0.39, 0.29) is 0 Å². The Morgan fingerprint density at radius 1 is 1.15 bits per heavy atom. The maximum absolute atomic E-state index is 3.27. The summed E-state index contributed by atoms with van der Waals surface area (Å²) in [5.41, 5.74) is 3.88. The van der Waals surface area contributed by atoms with Gasteiger partial charge in [0.05, 0.1) is 6.04 Å². The van der Waals surface area contributed by atoms with Crippen molar-refractivity contribution in [1.82, 2.24) is 10.6 Å². The third-order valence-corrected chi connectivity index (χ3v) is 2.50. The summed E-state index contributed by atoms with van der Waals surface area (Å²) in [7, 11) is 3.94. The monoisotopic (exact) mass is 174 g/mol. The fourth-order valence-corrected chi connectivity index (χ4v) is 1.82. The number of benzene rings is 1. The average molecular weight is 174 g/mol. The van der Waals surface area contributed by atoms with Crippen molar-refractivity contribution in [2.45, 2.75) is 6.04 Å². The molecule has 0 aromatic heterocycles. The molecule has 0 spiro atoms. The fraction of sp³-hybridized carbons (Fsp3) is 0.273. The van der Waals surface area contributed by atoms with Crippen molar-refractivity contribution in [2.75, 3.05) is 14.1 Å². The molecule has 13 heavy (non-hydrogen) atoms. The number of likely N-dealkylation sites (N-methyl/N-ethyl adjacent to an activating group) is 1. The predicted octanol–water partition coefficient (Wildman–Crippen LogP) is 1.52. The molecule has 2 N–H and O–H groups in total. The smallest absolute Gasteiger partial charge is 0.0533 e. The zero-order valence-corrected chi connectivity index (χ0v) is 7.96. The summed E-state index contributed by atoms with van der Waals surface area (Å²) in [6, 6.07) is 8.82. The van der Waals surface area contributed by atoms with Crippen LogP contribution in [0.15, 0.2) is 30.3 Å². The van der Waals surface area contributed by atoms with Crippen LogP contribution in [0, 0.1) is 0 Å². The molecule has 2 rings (SSSR count). The lowest BCUT2D eigenvalue weighted by Gasteiger charge is -2.08. The Labute approximate surface area is 78.7 Å². The van der Waals surface area contributed by atoms with Gasteiger partial charge < -0.3 is 10.6 Å². The van der Waals surface area contributed by atoms with Crippen LogP contribution >= 0.6 is 0 Å². The molecule has 0 saturated heterocycles. The van der Waals surface area contributed by atoms with E-state index in [4.69, 9.17) is 0 Å². The van der Waals surface area contributed by atoms with Crippen LogP contribution in [0.25, 0.3) is 5.70 Å². The lowest BCUT2D eigenvalue weighted by atomic mass is 10.1. The standard InChI is InChI=1S/C11H14N2/c1-12-10-7-11(13-2)9-6-4-3-5-8(9)10/h3-7,10,12-13H,1-2H3. The molecule has 1 atom stereocenters. The van der Waals surface area contributed by atoms with E-state index in [9.17, 15) is 0 Å². The van der Waals surface area contributed by atoms with Crippen molar-refractivity contribution in [1.29, 1.82) is 0 Å². The molecule has 1 aromatic rings. The minimum Gasteiger partial charge on any atom is -0.388 e. The van der Waals surface area contributed by atoms with Gasteiger partial charge in [-0.15, -0.1) is 0 Å². The quantitative estimate of drug-likeness (QED) is 0.710. The molecule has 2 nitrogen and oxygen atoms in total. The van der Waals surface area contributed by atoms with Crippen LogP contribution in [-0.2, 0) is 0 Å². The molecule has 0 amide bonds. The van der Waals surface area contributed by atoms with Crippen LogP contribution in [0.1, 0.15) is 17.2 Å². The van der Waals surface area contributed by atoms with Gasteiger partial charge in [-0.25, -0.2) is 0 Å². The second-order valence-corrected chi connectivity index (χ2v) is 3.18. The van der Waals surface area contributed by atoms with Gasteiger partial charge in [0.25, 0.3) is 0 Å². The molecule has 0 saturated carbocycles. The van der Waals surface area contributed by atoms with Crippen molar-refractivity contribution in [3.05, 3.63) is 41.5 Å². The molecule has 1 aliphatic carbocycles. The molecular weight excluding hydrogens is 160 g/mol. The van der Waals surface area contributed by atoms with Gasteiger partial charge in [0, 0.05) is 18.3 Å². The highest BCUT2D eigenvalue weighted by Gasteiger charge is 2.20. The van der Waals surface area contributed by atoms with E-state index >= 15 is 0 Å². The lowest BCUT2D eigenvalue weighted by Crippen LogP contribution is -2.11. The first-order valence-electron chi connectivity index (χ1n) is 4.53. The van der Waals surface area contributed by atoms with Gasteiger partial charge >= 0.3 is 0 Å². The van der Waals surface area contributed by atoms with Crippen LogP contribution in [0.2, 0.25) is 0 Å². The van der Waals surface area contributed by atoms with Gasteiger partial charge in [-0.3, -0.25) is 0 Å². The van der Waals surface area contributed by atoms with Crippen LogP contribution in [-0.4, -0.2) is 14.1 Å². The first-order valence-corrected chi connectivity index (χ1v) is 4.53. The SMILES string of the molecule is CNC1=CC(NC)c2ccccc21. The average Bonchev–Trinajstić information content (AvgIpc) is 2.56. The number of fused-ring (bicyclic) bond motifs is 1. The molecule has 0 heterocycles. The highest BCUT2D eigenvalue weighted by Crippen LogP contribution is 2.31. The third-order valence-electron chi connectivity index (χ3n) is 2.50. The van der Waals surface area contributed by atoms with E-state index in [1.165, 1.54) is 16.8 Å². The second-order valence-electron chi connectivity index (χ2n) is 3.18. The summed E-state index contributed by atoms with van der Waals surface area (Å²) in [6.45, 7) is 0. The van der Waals surface area contributed by atoms with Crippen molar-refractivity contribution in [3.8, 4) is 0 Å². The number of hydrogen-bond acceptors (Lipinski definition) is 2. The van der Waals surface area contributed by atoms with E-state index in [1.54, 1.807) is 0 Å². The van der Waals surface area contributed by atoms with Crippen molar-refractivity contribution in [2.24, 2.45) is 0 Å². The Hall–Kier alpha value is -1.28. The highest BCUT2D eigenvalue weighted by atomic mass is 14.9. The zero-order chi connectivity index (χ0) is 9.26. The molecule has 0 bridgehead atoms. The second kappa shape index (κ2) is 3.23. The van der Waals surface area contributed by atoms with Gasteiger partial charge in [-0.1, -0.05) is 24.3 Å². The van der Waals surface area contributed by atoms with Crippen LogP contribution in [0.3, 0.4) is 0 Å². The van der Waals surface area contributed by atoms with Crippen LogP contribution in [0.4, 0.5) is 0 Å². The minimum atomic E-state index is 0.360. The first kappa shape index (κ1) is 8.32. The summed E-state index contributed by atoms with van der Waals surface area (Å²) < 4.78 is 0. The zero-order valence-electron chi connectivity index (χ0n) is 7.96. The number of hydrogen-bond donors (Lipinski definition) is 2. The largest absolute Gasteiger partial charge is 0.388 e. The normalized spacial score (nSPS) is 19.5. The fourth-order valence-electron chi connectivity index (χ4n) is 1.82. The molecule has 2 heteroatoms. The summed E-state index contributed by atoms with van der Waals surface area (Å²) in [5.74, 6) is 0. The number of nitrogens with one attached hydrogen (secondary N) is 2. The van der Waals surface area contributed by atoms with E-state index in [0.29, 0.717) is 6.04 Å². The van der Waals surface area contributed by atoms with Gasteiger partial charge in [0.15, 0.2) is 0 Å². The Balaban J connectivity index is 2.47. The maximum atomic E-state index is 3.27. The summed E-state index contributed by atoms with van der Waals surface area (Å²) >= 11 is 0. The summed E-state index contributed by atoms with van der Waals surface area (Å²) in [5, 5.41) is 6.47. The van der Waals surface area contributed by atoms with E-state index in [1.807, 2.05) is 14.1 Å². The maximum Gasteiger partial charge on any atom is 0.0533 e. The van der Waals surface area contributed by atoms with Crippen LogP contribution < -0.4 is 10.6 Å². The Bertz CT molecular complexity index is 342. The van der Waals surface area contributed by atoms with E-state index < -0.39 is 0 Å². The highest BCUT2D eigenvalue weighted by molar-refractivity contribution is 5.73. The lowest BCUT2D eigenvalue weighted by molar-refractivity contribution is 0.724. The minimum absolute atomic E-state index is 0.360. The Morgan fingerprint density at radius 2 is 1.92 bits per heavy atom. The van der Waals surface area contributed by atoms with Crippen molar-refractivity contribution in [3.63, 3.8) is 0 Å². The predicted molar refractivity (Wildman–Crippen MR) is 55.3 cm³/mol. The Kier molecular flexibility index (Phi) is 2.07. The van der Waals surface area contributed by atoms with E-state index in [2.05, 4.69) is 41.0 Å². The van der Waals surface area contributed by atoms with Gasteiger partial charge in [-0.05, 0) is 18.7 Å². The van der Waals surface area contributed by atoms with Gasteiger partial charge in [0.1, 0.15) is 0 Å². The molecule has 0 fully saturated rings. The molecule has 1 aromatic carbocycles. The third kappa shape index (κ3) is 1.23. The summed E-state index contributed by atoms with van der Waals surface area (Å²) in [6.07, 6.45) is 2.21. The molecule has 1 unspecified atom stereocenters. The molecule has 0 aliphatic heterocycles. The van der Waals surface area contributed by atoms with Crippen molar-refractivity contribution >= 4 is 5.70 Å². The van der Waals surface area contributed by atoms with Crippen molar-refractivity contribution < 1.29 is 0 Å². The summed E-state index contributed by atoms with van der Waals surface area (Å²) in [4.78, 5) is 0. The first-order chi connectivity index (χ1) is 6.36. The molecule has 68 valence electrons. The van der Waals surface area contributed by atoms with Gasteiger partial charge in [0.2, 0.25) is 0 Å². The Morgan fingerprint density at radius 3 is 2.62 bits per heavy atom. The van der Waals surface area contributed by atoms with E-state index in [0.717, 1.165) is 0 Å². The van der Waals surface area contributed by atoms with Gasteiger partial charge in [-0.2, -0.15) is 0 Å². The molecule has 0 radical (unpaired) electrons. The topological polar surface area (TPSA) is 24.1 Å². The molecule has 1 aliphatic rings. The molecular formula is C11H14N2. The van der Waals surface area contributed by atoms with Crippen LogP contribution in [0.5, 0.6) is 0 Å².